The summed E-state index contributed by atoms with van der Waals surface area (Å²) in [6, 6.07) is 4.16. The fraction of sp³-hybridized carbons (Fsp3) is 0.357. The minimum Gasteiger partial charge on any atom is -0.334 e. The third kappa shape index (κ3) is 2.84. The molecule has 106 valence electrons. The Hall–Kier alpha value is -2.24. The van der Waals surface area contributed by atoms with E-state index in [4.69, 9.17) is 0 Å². The summed E-state index contributed by atoms with van der Waals surface area (Å²) in [6.07, 6.45) is 1.64. The van der Waals surface area contributed by atoms with E-state index in [1.165, 1.54) is 18.2 Å². The summed E-state index contributed by atoms with van der Waals surface area (Å²) in [4.78, 5) is 13.9. The Balaban J connectivity index is 2.16. The van der Waals surface area contributed by atoms with Gasteiger partial charge in [-0.15, -0.1) is 10.2 Å². The Morgan fingerprint density at radius 3 is 2.85 bits per heavy atom. The van der Waals surface area contributed by atoms with Gasteiger partial charge in [-0.3, -0.25) is 4.79 Å². The largest absolute Gasteiger partial charge is 0.334 e. The Morgan fingerprint density at radius 1 is 1.45 bits per heavy atom. The lowest BCUT2D eigenvalue weighted by molar-refractivity contribution is 0.0779. The average Bonchev–Trinajstić information content (AvgIpc) is 2.85. The van der Waals surface area contributed by atoms with E-state index >= 15 is 0 Å². The summed E-state index contributed by atoms with van der Waals surface area (Å²) in [5.41, 5.74) is 1.12. The molecule has 6 heteroatoms. The Morgan fingerprint density at radius 2 is 2.20 bits per heavy atom. The predicted octanol–water partition coefficient (Wildman–Crippen LogP) is 2.02. The Kier molecular flexibility index (Phi) is 4.12. The van der Waals surface area contributed by atoms with Crippen molar-refractivity contribution >= 4 is 5.91 Å². The molecule has 0 fully saturated rings. The molecule has 20 heavy (non-hydrogen) atoms. The zero-order valence-electron chi connectivity index (χ0n) is 11.8. The van der Waals surface area contributed by atoms with Crippen LogP contribution in [0.2, 0.25) is 0 Å². The maximum atomic E-state index is 13.1. The number of hydrogen-bond donors (Lipinski definition) is 0. The number of aromatic nitrogens is 3. The summed E-state index contributed by atoms with van der Waals surface area (Å²) in [5.74, 6) is 0.226. The summed E-state index contributed by atoms with van der Waals surface area (Å²) in [7, 11) is 1.69. The van der Waals surface area contributed by atoms with Gasteiger partial charge in [0.05, 0.1) is 6.54 Å². The molecule has 0 saturated carbocycles. The summed E-state index contributed by atoms with van der Waals surface area (Å²) < 4.78 is 14.9. The van der Waals surface area contributed by atoms with Crippen LogP contribution in [0.3, 0.4) is 0 Å². The van der Waals surface area contributed by atoms with Crippen molar-refractivity contribution in [2.24, 2.45) is 0 Å². The molecule has 0 aliphatic carbocycles. The van der Waals surface area contributed by atoms with E-state index in [-0.39, 0.29) is 11.7 Å². The summed E-state index contributed by atoms with van der Waals surface area (Å²) in [5, 5.41) is 7.83. The van der Waals surface area contributed by atoms with Crippen molar-refractivity contribution in [1.29, 1.82) is 0 Å². The molecule has 1 heterocycles. The van der Waals surface area contributed by atoms with Crippen molar-refractivity contribution in [3.63, 3.8) is 0 Å². The molecule has 0 radical (unpaired) electrons. The zero-order valence-corrected chi connectivity index (χ0v) is 11.8. The highest BCUT2D eigenvalue weighted by Crippen LogP contribution is 2.13. The number of carbonyl (C=O) groups is 1. The molecule has 0 spiro atoms. The fourth-order valence-corrected chi connectivity index (χ4v) is 2.02. The van der Waals surface area contributed by atoms with E-state index in [2.05, 4.69) is 10.2 Å². The second-order valence-electron chi connectivity index (χ2n) is 4.65. The second-order valence-corrected chi connectivity index (χ2v) is 4.65. The lowest BCUT2D eigenvalue weighted by Crippen LogP contribution is -2.28. The van der Waals surface area contributed by atoms with Crippen molar-refractivity contribution in [3.05, 3.63) is 47.3 Å². The van der Waals surface area contributed by atoms with Crippen LogP contribution in [0.4, 0.5) is 4.39 Å². The quantitative estimate of drug-likeness (QED) is 0.858. The van der Waals surface area contributed by atoms with Gasteiger partial charge >= 0.3 is 0 Å². The van der Waals surface area contributed by atoms with Gasteiger partial charge in [0, 0.05) is 19.2 Å². The molecule has 0 atom stereocenters. The Bertz CT molecular complexity index is 623. The van der Waals surface area contributed by atoms with E-state index in [9.17, 15) is 9.18 Å². The summed E-state index contributed by atoms with van der Waals surface area (Å²) in [6.45, 7) is 4.82. The average molecular weight is 276 g/mol. The van der Waals surface area contributed by atoms with Crippen LogP contribution in [0.25, 0.3) is 0 Å². The van der Waals surface area contributed by atoms with Crippen molar-refractivity contribution in [2.75, 3.05) is 7.05 Å². The van der Waals surface area contributed by atoms with Crippen LogP contribution >= 0.6 is 0 Å². The van der Waals surface area contributed by atoms with Gasteiger partial charge in [0.25, 0.3) is 5.91 Å². The standard InChI is InChI=1S/C14H17FN4O/c1-4-19-9-16-17-13(19)8-18(3)14(20)12-6-5-11(15)7-10(12)2/h5-7,9H,4,8H2,1-3H3. The van der Waals surface area contributed by atoms with Crippen molar-refractivity contribution in [3.8, 4) is 0 Å². The van der Waals surface area contributed by atoms with E-state index in [1.54, 1.807) is 25.2 Å². The molecule has 0 N–H and O–H groups in total. The van der Waals surface area contributed by atoms with Gasteiger partial charge in [0.1, 0.15) is 12.1 Å². The fourth-order valence-electron chi connectivity index (χ4n) is 2.02. The Labute approximate surface area is 117 Å². The lowest BCUT2D eigenvalue weighted by Gasteiger charge is -2.18. The van der Waals surface area contributed by atoms with Crippen LogP contribution in [0.1, 0.15) is 28.7 Å². The first-order valence-corrected chi connectivity index (χ1v) is 6.41. The van der Waals surface area contributed by atoms with Crippen molar-refractivity contribution in [2.45, 2.75) is 26.9 Å². The van der Waals surface area contributed by atoms with Crippen LogP contribution < -0.4 is 0 Å². The van der Waals surface area contributed by atoms with Crippen LogP contribution in [0.15, 0.2) is 24.5 Å². The van der Waals surface area contributed by atoms with Gasteiger partial charge in [-0.2, -0.15) is 0 Å². The second kappa shape index (κ2) is 5.81. The van der Waals surface area contributed by atoms with Gasteiger partial charge in [0.15, 0.2) is 5.82 Å². The number of halogens is 1. The third-order valence-electron chi connectivity index (χ3n) is 3.18. The molecule has 5 nitrogen and oxygen atoms in total. The molecule has 2 aromatic rings. The number of nitrogens with zero attached hydrogens (tertiary/aromatic N) is 4. The van der Waals surface area contributed by atoms with Crippen LogP contribution in [-0.2, 0) is 13.1 Å². The predicted molar refractivity (Wildman–Crippen MR) is 72.6 cm³/mol. The number of benzene rings is 1. The monoisotopic (exact) mass is 276 g/mol. The SMILES string of the molecule is CCn1cnnc1CN(C)C(=O)c1ccc(F)cc1C. The van der Waals surface area contributed by atoms with Crippen molar-refractivity contribution < 1.29 is 9.18 Å². The highest BCUT2D eigenvalue weighted by Gasteiger charge is 2.16. The number of aryl methyl sites for hydroxylation is 2. The van der Waals surface area contributed by atoms with Gasteiger partial charge in [-0.25, -0.2) is 4.39 Å². The molecule has 1 aromatic heterocycles. The van der Waals surface area contributed by atoms with Gasteiger partial charge in [-0.05, 0) is 37.6 Å². The van der Waals surface area contributed by atoms with Gasteiger partial charge < -0.3 is 9.47 Å². The third-order valence-corrected chi connectivity index (χ3v) is 3.18. The summed E-state index contributed by atoms with van der Waals surface area (Å²) >= 11 is 0. The first kappa shape index (κ1) is 14.2. The first-order chi connectivity index (χ1) is 9.52. The molecule has 0 aliphatic rings. The molecule has 0 bridgehead atoms. The van der Waals surface area contributed by atoms with Gasteiger partial charge in [0.2, 0.25) is 0 Å². The number of rotatable bonds is 4. The topological polar surface area (TPSA) is 51.0 Å². The molecule has 0 aliphatic heterocycles. The normalized spacial score (nSPS) is 10.6. The van der Waals surface area contributed by atoms with Crippen LogP contribution in [0.5, 0.6) is 0 Å². The highest BCUT2D eigenvalue weighted by molar-refractivity contribution is 5.95. The minimum absolute atomic E-state index is 0.159. The molecule has 2 rings (SSSR count). The maximum absolute atomic E-state index is 13.1. The number of carbonyl (C=O) groups excluding carboxylic acids is 1. The lowest BCUT2D eigenvalue weighted by atomic mass is 10.1. The molecule has 0 unspecified atom stereocenters. The minimum atomic E-state index is -0.340. The van der Waals surface area contributed by atoms with Gasteiger partial charge in [-0.1, -0.05) is 0 Å². The van der Waals surface area contributed by atoms with Crippen molar-refractivity contribution in [1.82, 2.24) is 19.7 Å². The molecule has 0 saturated heterocycles. The number of hydrogen-bond acceptors (Lipinski definition) is 3. The molecular formula is C14H17FN4O. The first-order valence-electron chi connectivity index (χ1n) is 6.41. The van der Waals surface area contributed by atoms with E-state index < -0.39 is 0 Å². The van der Waals surface area contributed by atoms with Crippen LogP contribution in [-0.4, -0.2) is 32.6 Å². The molecule has 1 aromatic carbocycles. The zero-order chi connectivity index (χ0) is 14.7. The van der Waals surface area contributed by atoms with E-state index in [1.807, 2.05) is 11.5 Å². The van der Waals surface area contributed by atoms with Crippen LogP contribution in [0, 0.1) is 12.7 Å². The van der Waals surface area contributed by atoms with E-state index in [0.29, 0.717) is 17.7 Å². The smallest absolute Gasteiger partial charge is 0.254 e. The molecular weight excluding hydrogens is 259 g/mol. The molecule has 1 amide bonds. The highest BCUT2D eigenvalue weighted by atomic mass is 19.1. The van der Waals surface area contributed by atoms with E-state index in [0.717, 1.165) is 12.4 Å². The maximum Gasteiger partial charge on any atom is 0.254 e. The number of amides is 1.